The van der Waals surface area contributed by atoms with E-state index in [1.54, 1.807) is 12.1 Å². The van der Waals surface area contributed by atoms with Gasteiger partial charge in [-0.1, -0.05) is 18.2 Å². The van der Waals surface area contributed by atoms with Crippen LogP contribution in [0.5, 0.6) is 5.75 Å². The van der Waals surface area contributed by atoms with Crippen LogP contribution in [-0.2, 0) is 6.54 Å². The highest BCUT2D eigenvalue weighted by Crippen LogP contribution is 2.60. The van der Waals surface area contributed by atoms with Crippen LogP contribution in [-0.4, -0.2) is 46.7 Å². The average molecular weight is 585 g/mol. The van der Waals surface area contributed by atoms with Crippen molar-refractivity contribution in [2.75, 3.05) is 23.7 Å². The minimum atomic E-state index is -4.79. The summed E-state index contributed by atoms with van der Waals surface area (Å²) in [7, 11) is 0. The molecule has 5 saturated carbocycles. The van der Waals surface area contributed by atoms with Crippen LogP contribution in [0.25, 0.3) is 0 Å². The van der Waals surface area contributed by atoms with Crippen LogP contribution >= 0.6 is 0 Å². The molecule has 4 N–H and O–H groups in total. The second-order valence-corrected chi connectivity index (χ2v) is 13.0. The molecule has 0 amide bonds. The highest BCUT2D eigenvalue weighted by molar-refractivity contribution is 5.53. The van der Waals surface area contributed by atoms with Crippen LogP contribution in [0.4, 0.5) is 24.9 Å². The van der Waals surface area contributed by atoms with Gasteiger partial charge in [0, 0.05) is 24.7 Å². The molecule has 2 aromatic rings. The molecule has 4 bridgehead atoms. The third kappa shape index (κ3) is 6.60. The Kier molecular flexibility index (Phi) is 8.20. The van der Waals surface area contributed by atoms with E-state index in [-0.39, 0.29) is 29.8 Å². The molecule has 2 atom stereocenters. The van der Waals surface area contributed by atoms with Gasteiger partial charge in [0.2, 0.25) is 5.95 Å². The van der Waals surface area contributed by atoms with Gasteiger partial charge in [0.15, 0.2) is 0 Å². The molecule has 0 saturated heterocycles. The third-order valence-corrected chi connectivity index (χ3v) is 10.0. The number of rotatable bonds is 10. The molecule has 8 nitrogen and oxygen atoms in total. The Bertz CT molecular complexity index is 1280. The lowest BCUT2D eigenvalue weighted by Gasteiger charge is -2.60. The number of nitriles is 1. The second kappa shape index (κ2) is 11.9. The summed E-state index contributed by atoms with van der Waals surface area (Å²) >= 11 is 0. The molecule has 42 heavy (non-hydrogen) atoms. The lowest BCUT2D eigenvalue weighted by atomic mass is 9.48. The number of aromatic nitrogens is 2. The van der Waals surface area contributed by atoms with Gasteiger partial charge < -0.3 is 25.8 Å². The van der Waals surface area contributed by atoms with Gasteiger partial charge in [-0.2, -0.15) is 10.2 Å². The minimum Gasteiger partial charge on any atom is -0.405 e. The van der Waals surface area contributed by atoms with Gasteiger partial charge in [-0.15, -0.1) is 13.2 Å². The first-order valence-electron chi connectivity index (χ1n) is 15.2. The summed E-state index contributed by atoms with van der Waals surface area (Å²) in [6, 6.07) is 8.66. The summed E-state index contributed by atoms with van der Waals surface area (Å²) in [6.07, 6.45) is 6.66. The van der Waals surface area contributed by atoms with E-state index in [2.05, 4.69) is 36.7 Å². The van der Waals surface area contributed by atoms with Gasteiger partial charge in [0.05, 0.1) is 12.3 Å². The number of anilines is 2. The molecule has 5 aliphatic carbocycles. The Morgan fingerprint density at radius 1 is 1.05 bits per heavy atom. The molecule has 0 aliphatic heterocycles. The summed E-state index contributed by atoms with van der Waals surface area (Å²) in [5.41, 5.74) is 0.821. The molecule has 1 aromatic carbocycles. The van der Waals surface area contributed by atoms with Crippen molar-refractivity contribution in [2.24, 2.45) is 29.1 Å². The Morgan fingerprint density at radius 2 is 1.79 bits per heavy atom. The van der Waals surface area contributed by atoms with Crippen molar-refractivity contribution in [1.29, 1.82) is 5.26 Å². The number of nitrogens with zero attached hydrogens (tertiary/aromatic N) is 3. The van der Waals surface area contributed by atoms with E-state index < -0.39 is 6.36 Å². The standard InChI is InChI=1S/C31H39F3N6O2/c32-31(33,34)42-26-4-2-1-3-21(26)16-37-29-38-17-24(14-35)28(40-29)39-18-30-11-20-9-22(12-30)27(23(10-20)13-30)36-15-19-5-7-25(41)8-6-19/h1-4,17,19-20,22-23,25,27,36,41H,5-13,15-16,18H2,(H2,37,38,39,40). The van der Waals surface area contributed by atoms with Crippen molar-refractivity contribution in [3.8, 4) is 11.8 Å². The SMILES string of the molecule is N#Cc1cnc(NCc2ccccc2OC(F)(F)F)nc1NCC12CC3CC(C1)C(NCC1CCC(O)CC1)C(C3)C2. The van der Waals surface area contributed by atoms with E-state index in [9.17, 15) is 23.5 Å². The number of hydrogen-bond acceptors (Lipinski definition) is 8. The topological polar surface area (TPSA) is 115 Å². The predicted molar refractivity (Wildman–Crippen MR) is 151 cm³/mol. The molecule has 226 valence electrons. The Balaban J connectivity index is 1.08. The van der Waals surface area contributed by atoms with Crippen LogP contribution in [0, 0.1) is 40.4 Å². The number of nitrogens with one attached hydrogen (secondary N) is 3. The zero-order valence-corrected chi connectivity index (χ0v) is 23.7. The van der Waals surface area contributed by atoms with Gasteiger partial charge in [-0.3, -0.25) is 0 Å². The summed E-state index contributed by atoms with van der Waals surface area (Å²) in [5.74, 6) is 3.11. The van der Waals surface area contributed by atoms with E-state index >= 15 is 0 Å². The fourth-order valence-electron chi connectivity index (χ4n) is 8.40. The molecule has 1 aromatic heterocycles. The number of halogens is 3. The fraction of sp³-hybridized carbons (Fsp3) is 0.645. The quantitative estimate of drug-likeness (QED) is 0.285. The first-order chi connectivity index (χ1) is 20.2. The molecule has 0 radical (unpaired) electrons. The third-order valence-electron chi connectivity index (χ3n) is 10.0. The van der Waals surface area contributed by atoms with Gasteiger partial charge >= 0.3 is 6.36 Å². The van der Waals surface area contributed by atoms with E-state index in [0.29, 0.717) is 40.7 Å². The molecule has 5 fully saturated rings. The summed E-state index contributed by atoms with van der Waals surface area (Å²) < 4.78 is 42.6. The maximum absolute atomic E-state index is 12.8. The zero-order valence-electron chi connectivity index (χ0n) is 23.7. The van der Waals surface area contributed by atoms with Gasteiger partial charge in [0.1, 0.15) is 23.2 Å². The van der Waals surface area contributed by atoms with Crippen LogP contribution in [0.1, 0.15) is 68.9 Å². The molecule has 0 spiro atoms. The Labute approximate surface area is 244 Å². The minimum absolute atomic E-state index is 0.0302. The molecule has 5 aliphatic rings. The van der Waals surface area contributed by atoms with Crippen molar-refractivity contribution in [3.05, 3.63) is 41.6 Å². The lowest BCUT2D eigenvalue weighted by Crippen LogP contribution is -2.60. The average Bonchev–Trinajstić information content (AvgIpc) is 2.95. The van der Waals surface area contributed by atoms with Crippen LogP contribution in [0.2, 0.25) is 0 Å². The molecule has 2 unspecified atom stereocenters. The zero-order chi connectivity index (χ0) is 29.3. The second-order valence-electron chi connectivity index (χ2n) is 13.0. The normalized spacial score (nSPS) is 31.9. The number of aliphatic hydroxyl groups excluding tert-OH is 1. The predicted octanol–water partition coefficient (Wildman–Crippen LogP) is 5.61. The Morgan fingerprint density at radius 3 is 2.50 bits per heavy atom. The van der Waals surface area contributed by atoms with E-state index in [1.807, 2.05) is 0 Å². The first-order valence-corrected chi connectivity index (χ1v) is 15.2. The molecular formula is C31H39F3N6O2. The monoisotopic (exact) mass is 584 g/mol. The van der Waals surface area contributed by atoms with E-state index in [0.717, 1.165) is 57.5 Å². The van der Waals surface area contributed by atoms with Gasteiger partial charge in [-0.25, -0.2) is 4.98 Å². The smallest absolute Gasteiger partial charge is 0.405 e. The van der Waals surface area contributed by atoms with Gasteiger partial charge in [-0.05, 0) is 99.5 Å². The maximum atomic E-state index is 12.8. The Hall–Kier alpha value is -3.10. The molecule has 1 heterocycles. The van der Waals surface area contributed by atoms with Crippen LogP contribution in [0.3, 0.4) is 0 Å². The lowest BCUT2D eigenvalue weighted by molar-refractivity contribution is -0.274. The molecular weight excluding hydrogens is 545 g/mol. The van der Waals surface area contributed by atoms with E-state index in [4.69, 9.17) is 0 Å². The van der Waals surface area contributed by atoms with Crippen molar-refractivity contribution in [2.45, 2.75) is 82.8 Å². The largest absolute Gasteiger partial charge is 0.573 e. The summed E-state index contributed by atoms with van der Waals surface area (Å²) in [5, 5.41) is 30.0. The summed E-state index contributed by atoms with van der Waals surface area (Å²) in [4.78, 5) is 8.74. The molecule has 7 rings (SSSR count). The fourth-order valence-corrected chi connectivity index (χ4v) is 8.40. The van der Waals surface area contributed by atoms with Crippen LogP contribution in [0.15, 0.2) is 30.5 Å². The van der Waals surface area contributed by atoms with Crippen molar-refractivity contribution in [3.63, 3.8) is 0 Å². The maximum Gasteiger partial charge on any atom is 0.573 e. The molecule has 11 heteroatoms. The van der Waals surface area contributed by atoms with E-state index in [1.165, 1.54) is 37.6 Å². The van der Waals surface area contributed by atoms with Crippen molar-refractivity contribution >= 4 is 11.8 Å². The van der Waals surface area contributed by atoms with Crippen molar-refractivity contribution < 1.29 is 23.0 Å². The number of benzene rings is 1. The number of ether oxygens (including phenoxy) is 1. The number of alkyl halides is 3. The van der Waals surface area contributed by atoms with Crippen LogP contribution < -0.4 is 20.7 Å². The number of para-hydroxylation sites is 1. The number of aliphatic hydroxyl groups is 1. The number of hydrogen-bond donors (Lipinski definition) is 4. The highest BCUT2D eigenvalue weighted by atomic mass is 19.4. The highest BCUT2D eigenvalue weighted by Gasteiger charge is 2.55. The summed E-state index contributed by atoms with van der Waals surface area (Å²) in [6.45, 7) is 1.81. The first kappa shape index (κ1) is 29.0. The van der Waals surface area contributed by atoms with Crippen molar-refractivity contribution in [1.82, 2.24) is 15.3 Å². The van der Waals surface area contributed by atoms with Gasteiger partial charge in [0.25, 0.3) is 0 Å².